The fourth-order valence-electron chi connectivity index (χ4n) is 1.79. The number of anilines is 1. The van der Waals surface area contributed by atoms with E-state index in [0.717, 1.165) is 16.8 Å². The van der Waals surface area contributed by atoms with Gasteiger partial charge in [-0.3, -0.25) is 4.79 Å². The number of pyridine rings is 1. The first kappa shape index (κ1) is 12.8. The van der Waals surface area contributed by atoms with Crippen LogP contribution in [0.2, 0.25) is 0 Å². The van der Waals surface area contributed by atoms with Crippen LogP contribution in [0.25, 0.3) is 0 Å². The monoisotopic (exact) mass is 304 g/mol. The van der Waals surface area contributed by atoms with E-state index in [1.54, 1.807) is 18.3 Å². The number of carbonyl (C=O) groups excluding carboxylic acids is 1. The van der Waals surface area contributed by atoms with E-state index < -0.39 is 0 Å². The van der Waals surface area contributed by atoms with Crippen molar-refractivity contribution in [3.05, 3.63) is 57.8 Å². The van der Waals surface area contributed by atoms with Crippen molar-refractivity contribution in [2.75, 3.05) is 5.32 Å². The van der Waals surface area contributed by atoms with Crippen molar-refractivity contribution in [3.8, 4) is 0 Å². The molecule has 0 saturated heterocycles. The Labute approximate surface area is 114 Å². The van der Waals surface area contributed by atoms with Gasteiger partial charge in [-0.25, -0.2) is 4.98 Å². The molecular formula is C14H13BrN2O. The van der Waals surface area contributed by atoms with Gasteiger partial charge in [-0.05, 0) is 65.2 Å². The molecule has 0 bridgehead atoms. The fourth-order valence-corrected chi connectivity index (χ4v) is 2.22. The molecule has 2 aromatic rings. The molecule has 3 nitrogen and oxygen atoms in total. The fraction of sp³-hybridized carbons (Fsp3) is 0.143. The van der Waals surface area contributed by atoms with E-state index in [9.17, 15) is 4.79 Å². The van der Waals surface area contributed by atoms with E-state index in [2.05, 4.69) is 32.3 Å². The van der Waals surface area contributed by atoms with E-state index in [1.165, 1.54) is 0 Å². The SMILES string of the molecule is Cc1cc(C)cc(NC(=O)c2ncccc2Br)c1. The summed E-state index contributed by atoms with van der Waals surface area (Å²) in [6.07, 6.45) is 1.60. The largest absolute Gasteiger partial charge is 0.321 e. The second-order valence-corrected chi connectivity index (χ2v) is 5.02. The van der Waals surface area contributed by atoms with Crippen molar-refractivity contribution in [1.29, 1.82) is 0 Å². The smallest absolute Gasteiger partial charge is 0.275 e. The molecule has 1 aromatic carbocycles. The molecule has 18 heavy (non-hydrogen) atoms. The lowest BCUT2D eigenvalue weighted by atomic mass is 10.1. The van der Waals surface area contributed by atoms with Crippen LogP contribution in [-0.4, -0.2) is 10.9 Å². The lowest BCUT2D eigenvalue weighted by Gasteiger charge is -2.08. The molecule has 0 atom stereocenters. The molecule has 0 fully saturated rings. The molecule has 0 aliphatic heterocycles. The van der Waals surface area contributed by atoms with Gasteiger partial charge in [-0.2, -0.15) is 0 Å². The standard InChI is InChI=1S/C14H13BrN2O/c1-9-6-10(2)8-11(7-9)17-14(18)13-12(15)4-3-5-16-13/h3-8H,1-2H3,(H,17,18). The first-order chi connectivity index (χ1) is 8.56. The summed E-state index contributed by atoms with van der Waals surface area (Å²) >= 11 is 3.32. The topological polar surface area (TPSA) is 42.0 Å². The molecule has 1 N–H and O–H groups in total. The Kier molecular flexibility index (Phi) is 3.77. The molecule has 0 spiro atoms. The lowest BCUT2D eigenvalue weighted by molar-refractivity contribution is 0.102. The van der Waals surface area contributed by atoms with Gasteiger partial charge in [0.25, 0.3) is 5.91 Å². The number of halogens is 1. The summed E-state index contributed by atoms with van der Waals surface area (Å²) in [4.78, 5) is 16.1. The Morgan fingerprint density at radius 3 is 2.50 bits per heavy atom. The van der Waals surface area contributed by atoms with Crippen molar-refractivity contribution in [1.82, 2.24) is 4.98 Å². The van der Waals surface area contributed by atoms with Gasteiger partial charge in [0.2, 0.25) is 0 Å². The number of hydrogen-bond acceptors (Lipinski definition) is 2. The number of nitrogens with zero attached hydrogens (tertiary/aromatic N) is 1. The first-order valence-corrected chi connectivity index (χ1v) is 6.36. The van der Waals surface area contributed by atoms with Crippen LogP contribution >= 0.6 is 15.9 Å². The summed E-state index contributed by atoms with van der Waals surface area (Å²) in [6, 6.07) is 9.50. The van der Waals surface area contributed by atoms with Crippen LogP contribution in [0, 0.1) is 13.8 Å². The summed E-state index contributed by atoms with van der Waals surface area (Å²) < 4.78 is 0.687. The normalized spacial score (nSPS) is 10.2. The second kappa shape index (κ2) is 5.31. The van der Waals surface area contributed by atoms with Gasteiger partial charge in [-0.1, -0.05) is 6.07 Å². The quantitative estimate of drug-likeness (QED) is 0.919. The Hall–Kier alpha value is -1.68. The summed E-state index contributed by atoms with van der Waals surface area (Å²) in [5.74, 6) is -0.215. The van der Waals surface area contributed by atoms with Crippen molar-refractivity contribution >= 4 is 27.5 Å². The average Bonchev–Trinajstić information content (AvgIpc) is 2.27. The number of amides is 1. The molecule has 0 aliphatic carbocycles. The molecule has 1 heterocycles. The predicted molar refractivity (Wildman–Crippen MR) is 75.8 cm³/mol. The van der Waals surface area contributed by atoms with Crippen molar-refractivity contribution in [2.24, 2.45) is 0 Å². The first-order valence-electron chi connectivity index (χ1n) is 5.56. The minimum Gasteiger partial charge on any atom is -0.321 e. The highest BCUT2D eigenvalue weighted by Gasteiger charge is 2.11. The van der Waals surface area contributed by atoms with E-state index in [4.69, 9.17) is 0 Å². The van der Waals surface area contributed by atoms with E-state index in [-0.39, 0.29) is 5.91 Å². The number of aryl methyl sites for hydroxylation is 2. The van der Waals surface area contributed by atoms with Gasteiger partial charge >= 0.3 is 0 Å². The second-order valence-electron chi connectivity index (χ2n) is 4.16. The zero-order valence-electron chi connectivity index (χ0n) is 10.2. The molecule has 2 rings (SSSR count). The molecule has 1 amide bonds. The number of benzene rings is 1. The maximum atomic E-state index is 12.1. The van der Waals surface area contributed by atoms with Gasteiger partial charge in [0.15, 0.2) is 0 Å². The molecular weight excluding hydrogens is 292 g/mol. The summed E-state index contributed by atoms with van der Waals surface area (Å²) in [6.45, 7) is 4.00. The zero-order valence-corrected chi connectivity index (χ0v) is 11.8. The molecule has 0 unspecified atom stereocenters. The van der Waals surface area contributed by atoms with Crippen molar-refractivity contribution < 1.29 is 4.79 Å². The van der Waals surface area contributed by atoms with Crippen LogP contribution in [0.15, 0.2) is 41.0 Å². The molecule has 0 saturated carbocycles. The van der Waals surface area contributed by atoms with Crippen LogP contribution in [-0.2, 0) is 0 Å². The predicted octanol–water partition coefficient (Wildman–Crippen LogP) is 3.71. The van der Waals surface area contributed by atoms with Crippen LogP contribution in [0.5, 0.6) is 0 Å². The Bertz CT molecular complexity index is 576. The summed E-state index contributed by atoms with van der Waals surface area (Å²) in [5.41, 5.74) is 3.41. The highest BCUT2D eigenvalue weighted by atomic mass is 79.9. The molecule has 92 valence electrons. The number of hydrogen-bond donors (Lipinski definition) is 1. The zero-order chi connectivity index (χ0) is 13.1. The van der Waals surface area contributed by atoms with Gasteiger partial charge < -0.3 is 5.32 Å². The third-order valence-corrected chi connectivity index (χ3v) is 3.09. The molecule has 0 aliphatic rings. The third kappa shape index (κ3) is 2.96. The highest BCUT2D eigenvalue weighted by molar-refractivity contribution is 9.10. The van der Waals surface area contributed by atoms with Crippen LogP contribution in [0.4, 0.5) is 5.69 Å². The molecule has 0 radical (unpaired) electrons. The van der Waals surface area contributed by atoms with Crippen molar-refractivity contribution in [2.45, 2.75) is 13.8 Å². The summed E-state index contributed by atoms with van der Waals surface area (Å²) in [7, 11) is 0. The Balaban J connectivity index is 2.24. The summed E-state index contributed by atoms with van der Waals surface area (Å²) in [5, 5.41) is 2.85. The average molecular weight is 305 g/mol. The van der Waals surface area contributed by atoms with Gasteiger partial charge in [0, 0.05) is 16.4 Å². The van der Waals surface area contributed by atoms with Crippen molar-refractivity contribution in [3.63, 3.8) is 0 Å². The van der Waals surface area contributed by atoms with Gasteiger partial charge in [-0.15, -0.1) is 0 Å². The maximum Gasteiger partial charge on any atom is 0.275 e. The number of nitrogens with one attached hydrogen (secondary N) is 1. The van der Waals surface area contributed by atoms with Gasteiger partial charge in [0.1, 0.15) is 5.69 Å². The lowest BCUT2D eigenvalue weighted by Crippen LogP contribution is -2.14. The van der Waals surface area contributed by atoms with Crippen LogP contribution in [0.1, 0.15) is 21.6 Å². The molecule has 1 aromatic heterocycles. The Morgan fingerprint density at radius 1 is 1.22 bits per heavy atom. The highest BCUT2D eigenvalue weighted by Crippen LogP contribution is 2.17. The maximum absolute atomic E-state index is 12.1. The minimum absolute atomic E-state index is 0.215. The number of aromatic nitrogens is 1. The Morgan fingerprint density at radius 2 is 1.89 bits per heavy atom. The van der Waals surface area contributed by atoms with E-state index in [0.29, 0.717) is 10.2 Å². The van der Waals surface area contributed by atoms with Crippen LogP contribution < -0.4 is 5.32 Å². The number of carbonyl (C=O) groups is 1. The third-order valence-electron chi connectivity index (χ3n) is 2.45. The van der Waals surface area contributed by atoms with E-state index in [1.807, 2.05) is 26.0 Å². The molecule has 4 heteroatoms. The van der Waals surface area contributed by atoms with E-state index >= 15 is 0 Å². The minimum atomic E-state index is -0.215. The number of rotatable bonds is 2. The van der Waals surface area contributed by atoms with Crippen LogP contribution in [0.3, 0.4) is 0 Å². The van der Waals surface area contributed by atoms with Gasteiger partial charge in [0.05, 0.1) is 0 Å².